The SMILES string of the molecule is CC(C)N1CCCC(N2CCC(C(=O)O)C2)C1. The molecule has 0 amide bonds. The highest BCUT2D eigenvalue weighted by Crippen LogP contribution is 2.24. The summed E-state index contributed by atoms with van der Waals surface area (Å²) in [5.74, 6) is -0.756. The van der Waals surface area contributed by atoms with Gasteiger partial charge < -0.3 is 5.11 Å². The molecule has 2 aliphatic heterocycles. The van der Waals surface area contributed by atoms with E-state index in [1.54, 1.807) is 0 Å². The van der Waals surface area contributed by atoms with Crippen molar-refractivity contribution in [2.45, 2.75) is 45.2 Å². The first-order valence-electron chi connectivity index (χ1n) is 6.79. The first-order valence-corrected chi connectivity index (χ1v) is 6.79. The molecule has 2 fully saturated rings. The Labute approximate surface area is 104 Å². The maximum Gasteiger partial charge on any atom is 0.307 e. The number of aliphatic carboxylic acids is 1. The third-order valence-electron chi connectivity index (χ3n) is 4.24. The summed E-state index contributed by atoms with van der Waals surface area (Å²) in [4.78, 5) is 15.9. The monoisotopic (exact) mass is 240 g/mol. The molecule has 0 aromatic rings. The Hall–Kier alpha value is -0.610. The highest BCUT2D eigenvalue weighted by molar-refractivity contribution is 5.70. The van der Waals surface area contributed by atoms with Crippen LogP contribution in [-0.4, -0.2) is 59.1 Å². The largest absolute Gasteiger partial charge is 0.481 e. The van der Waals surface area contributed by atoms with Gasteiger partial charge in [0.1, 0.15) is 0 Å². The number of carboxylic acids is 1. The molecular weight excluding hydrogens is 216 g/mol. The van der Waals surface area contributed by atoms with Gasteiger partial charge in [-0.25, -0.2) is 0 Å². The molecule has 0 radical (unpaired) electrons. The van der Waals surface area contributed by atoms with Crippen molar-refractivity contribution in [1.29, 1.82) is 0 Å². The van der Waals surface area contributed by atoms with Crippen LogP contribution in [-0.2, 0) is 4.79 Å². The topological polar surface area (TPSA) is 43.8 Å². The van der Waals surface area contributed by atoms with Crippen molar-refractivity contribution < 1.29 is 9.90 Å². The number of piperidine rings is 1. The molecule has 0 bridgehead atoms. The second-order valence-electron chi connectivity index (χ2n) is 5.70. The molecule has 4 nitrogen and oxygen atoms in total. The minimum absolute atomic E-state index is 0.135. The predicted octanol–water partition coefficient (Wildman–Crippen LogP) is 1.27. The summed E-state index contributed by atoms with van der Waals surface area (Å²) in [6.07, 6.45) is 3.31. The lowest BCUT2D eigenvalue weighted by Crippen LogP contribution is -2.49. The average Bonchev–Trinajstić information content (AvgIpc) is 2.78. The molecule has 0 aromatic carbocycles. The zero-order chi connectivity index (χ0) is 12.4. The summed E-state index contributed by atoms with van der Waals surface area (Å²) in [7, 11) is 0. The Morgan fingerprint density at radius 3 is 2.59 bits per heavy atom. The number of rotatable bonds is 3. The predicted molar refractivity (Wildman–Crippen MR) is 67.0 cm³/mol. The molecule has 1 N–H and O–H groups in total. The maximum absolute atomic E-state index is 11.0. The Bertz CT molecular complexity index is 281. The van der Waals surface area contributed by atoms with Crippen molar-refractivity contribution in [3.05, 3.63) is 0 Å². The summed E-state index contributed by atoms with van der Waals surface area (Å²) in [6.45, 7) is 8.52. The number of nitrogens with zero attached hydrogens (tertiary/aromatic N) is 2. The molecule has 0 aromatic heterocycles. The van der Waals surface area contributed by atoms with Crippen LogP contribution in [0.15, 0.2) is 0 Å². The van der Waals surface area contributed by atoms with Crippen LogP contribution >= 0.6 is 0 Å². The van der Waals surface area contributed by atoms with Crippen molar-refractivity contribution in [1.82, 2.24) is 9.80 Å². The maximum atomic E-state index is 11.0. The number of likely N-dealkylation sites (tertiary alicyclic amines) is 2. The normalized spacial score (nSPS) is 32.2. The van der Waals surface area contributed by atoms with Gasteiger partial charge in [-0.3, -0.25) is 14.6 Å². The van der Waals surface area contributed by atoms with Crippen molar-refractivity contribution >= 4 is 5.97 Å². The minimum atomic E-state index is -0.621. The fraction of sp³-hybridized carbons (Fsp3) is 0.923. The van der Waals surface area contributed by atoms with E-state index in [2.05, 4.69) is 23.6 Å². The van der Waals surface area contributed by atoms with E-state index in [0.29, 0.717) is 12.1 Å². The van der Waals surface area contributed by atoms with E-state index in [4.69, 9.17) is 5.11 Å². The van der Waals surface area contributed by atoms with Crippen LogP contribution < -0.4 is 0 Å². The fourth-order valence-corrected chi connectivity index (χ4v) is 3.07. The molecule has 98 valence electrons. The number of carboxylic acid groups (broad SMARTS) is 1. The van der Waals surface area contributed by atoms with Crippen molar-refractivity contribution in [3.63, 3.8) is 0 Å². The van der Waals surface area contributed by atoms with E-state index in [9.17, 15) is 4.79 Å². The van der Waals surface area contributed by atoms with Gasteiger partial charge in [0.25, 0.3) is 0 Å². The molecule has 2 heterocycles. The smallest absolute Gasteiger partial charge is 0.307 e. The van der Waals surface area contributed by atoms with Gasteiger partial charge in [0, 0.05) is 25.2 Å². The Kier molecular flexibility index (Phi) is 4.05. The van der Waals surface area contributed by atoms with E-state index >= 15 is 0 Å². The van der Waals surface area contributed by atoms with Gasteiger partial charge in [-0.1, -0.05) is 0 Å². The van der Waals surface area contributed by atoms with Crippen molar-refractivity contribution in [2.24, 2.45) is 5.92 Å². The highest BCUT2D eigenvalue weighted by atomic mass is 16.4. The number of hydrogen-bond acceptors (Lipinski definition) is 3. The molecule has 17 heavy (non-hydrogen) atoms. The van der Waals surface area contributed by atoms with Gasteiger partial charge >= 0.3 is 5.97 Å². The minimum Gasteiger partial charge on any atom is -0.481 e. The van der Waals surface area contributed by atoms with Crippen LogP contribution in [0.1, 0.15) is 33.1 Å². The summed E-state index contributed by atoms with van der Waals surface area (Å²) in [6, 6.07) is 1.19. The van der Waals surface area contributed by atoms with Crippen molar-refractivity contribution in [2.75, 3.05) is 26.2 Å². The van der Waals surface area contributed by atoms with Crippen LogP contribution in [0.5, 0.6) is 0 Å². The Balaban J connectivity index is 1.88. The molecule has 2 unspecified atom stereocenters. The van der Waals surface area contributed by atoms with Gasteiger partial charge in [-0.2, -0.15) is 0 Å². The summed E-state index contributed by atoms with van der Waals surface area (Å²) in [5.41, 5.74) is 0. The third-order valence-corrected chi connectivity index (χ3v) is 4.24. The molecular formula is C13H24N2O2. The lowest BCUT2D eigenvalue weighted by atomic mass is 10.0. The van der Waals surface area contributed by atoms with E-state index < -0.39 is 5.97 Å². The van der Waals surface area contributed by atoms with Gasteiger partial charge in [0.2, 0.25) is 0 Å². The second-order valence-corrected chi connectivity index (χ2v) is 5.70. The van der Waals surface area contributed by atoms with Gasteiger partial charge in [-0.05, 0) is 46.2 Å². The van der Waals surface area contributed by atoms with Gasteiger partial charge in [0.15, 0.2) is 0 Å². The van der Waals surface area contributed by atoms with Crippen LogP contribution in [0.25, 0.3) is 0 Å². The first-order chi connectivity index (χ1) is 8.08. The number of hydrogen-bond donors (Lipinski definition) is 1. The summed E-state index contributed by atoms with van der Waals surface area (Å²) >= 11 is 0. The first kappa shape index (κ1) is 12.8. The van der Waals surface area contributed by atoms with Gasteiger partial charge in [-0.15, -0.1) is 0 Å². The van der Waals surface area contributed by atoms with Gasteiger partial charge in [0.05, 0.1) is 5.92 Å². The standard InChI is InChI=1S/C13H24N2O2/c1-10(2)14-6-3-4-12(9-14)15-7-5-11(8-15)13(16)17/h10-12H,3-9H2,1-2H3,(H,16,17). The van der Waals surface area contributed by atoms with E-state index in [1.807, 2.05) is 0 Å². The Morgan fingerprint density at radius 1 is 1.24 bits per heavy atom. The molecule has 2 atom stereocenters. The lowest BCUT2D eigenvalue weighted by Gasteiger charge is -2.39. The fourth-order valence-electron chi connectivity index (χ4n) is 3.07. The van der Waals surface area contributed by atoms with Crippen LogP contribution in [0.3, 0.4) is 0 Å². The quantitative estimate of drug-likeness (QED) is 0.806. The van der Waals surface area contributed by atoms with Crippen molar-refractivity contribution in [3.8, 4) is 0 Å². The molecule has 0 aliphatic carbocycles. The molecule has 2 aliphatic rings. The Morgan fingerprint density at radius 2 is 2.00 bits per heavy atom. The zero-order valence-electron chi connectivity index (χ0n) is 10.9. The van der Waals surface area contributed by atoms with E-state index in [-0.39, 0.29) is 5.92 Å². The highest BCUT2D eigenvalue weighted by Gasteiger charge is 2.34. The van der Waals surface area contributed by atoms with E-state index in [0.717, 1.165) is 26.1 Å². The number of carbonyl (C=O) groups is 1. The van der Waals surface area contributed by atoms with Crippen LogP contribution in [0, 0.1) is 5.92 Å². The summed E-state index contributed by atoms with van der Waals surface area (Å²) in [5, 5.41) is 9.03. The van der Waals surface area contributed by atoms with Crippen LogP contribution in [0.2, 0.25) is 0 Å². The molecule has 4 heteroatoms. The zero-order valence-corrected chi connectivity index (χ0v) is 10.9. The average molecular weight is 240 g/mol. The second kappa shape index (κ2) is 5.36. The van der Waals surface area contributed by atoms with E-state index in [1.165, 1.54) is 19.4 Å². The molecule has 2 saturated heterocycles. The third kappa shape index (κ3) is 2.99. The van der Waals surface area contributed by atoms with Crippen LogP contribution in [0.4, 0.5) is 0 Å². The molecule has 0 saturated carbocycles. The molecule has 0 spiro atoms. The summed E-state index contributed by atoms with van der Waals surface area (Å²) < 4.78 is 0. The molecule has 2 rings (SSSR count). The lowest BCUT2D eigenvalue weighted by molar-refractivity contribution is -0.141.